The zero-order chi connectivity index (χ0) is 12.1. The molecule has 0 N–H and O–H groups in total. The van der Waals surface area contributed by atoms with Gasteiger partial charge in [0.2, 0.25) is 0 Å². The lowest BCUT2D eigenvalue weighted by Crippen LogP contribution is -2.30. The molecule has 17 heavy (non-hydrogen) atoms. The third-order valence-electron chi connectivity index (χ3n) is 2.86. The summed E-state index contributed by atoms with van der Waals surface area (Å²) in [7, 11) is 0. The Kier molecular flexibility index (Phi) is 1.85. The molecule has 86 valence electrons. The highest BCUT2D eigenvalue weighted by Crippen LogP contribution is 2.53. The van der Waals surface area contributed by atoms with Gasteiger partial charge in [0.25, 0.3) is 0 Å². The Bertz CT molecular complexity index is 605. The molecule has 3 rings (SSSR count). The summed E-state index contributed by atoms with van der Waals surface area (Å²) in [4.78, 5) is 0. The van der Waals surface area contributed by atoms with Crippen LogP contribution in [0.4, 0.5) is 13.2 Å². The molecule has 1 aliphatic heterocycles. The van der Waals surface area contributed by atoms with Gasteiger partial charge in [0.15, 0.2) is 0 Å². The van der Waals surface area contributed by atoms with Gasteiger partial charge in [0.1, 0.15) is 0 Å². The highest BCUT2D eigenvalue weighted by atomic mass is 19.4. The van der Waals surface area contributed by atoms with E-state index in [9.17, 15) is 13.2 Å². The highest BCUT2D eigenvalue weighted by molar-refractivity contribution is 5.87. The first-order valence-corrected chi connectivity index (χ1v) is 5.04. The maximum atomic E-state index is 12.9. The van der Waals surface area contributed by atoms with Crippen molar-refractivity contribution in [3.05, 3.63) is 48.0 Å². The Morgan fingerprint density at radius 1 is 0.882 bits per heavy atom. The summed E-state index contributed by atoms with van der Waals surface area (Å²) in [6, 6.07) is 11.7. The van der Waals surface area contributed by atoms with E-state index >= 15 is 0 Å². The van der Waals surface area contributed by atoms with Gasteiger partial charge in [0.05, 0.1) is 0 Å². The molecule has 0 radical (unpaired) electrons. The van der Waals surface area contributed by atoms with E-state index in [0.29, 0.717) is 5.39 Å². The molecule has 0 saturated carbocycles. The second-order valence-corrected chi connectivity index (χ2v) is 3.90. The van der Waals surface area contributed by atoms with Crippen molar-refractivity contribution in [1.82, 2.24) is 0 Å². The van der Waals surface area contributed by atoms with Crippen LogP contribution in [0.25, 0.3) is 10.8 Å². The minimum absolute atomic E-state index is 0.100. The second-order valence-electron chi connectivity index (χ2n) is 3.90. The Morgan fingerprint density at radius 2 is 1.53 bits per heavy atom. The van der Waals surface area contributed by atoms with E-state index in [4.69, 9.17) is 0 Å². The molecule has 5 heteroatoms. The first-order valence-electron chi connectivity index (χ1n) is 5.04. The average Bonchev–Trinajstić information content (AvgIpc) is 3.08. The Hall–Kier alpha value is -1.91. The van der Waals surface area contributed by atoms with Gasteiger partial charge in [-0.2, -0.15) is 13.2 Å². The summed E-state index contributed by atoms with van der Waals surface area (Å²) in [5.41, 5.74) is -2.24. The van der Waals surface area contributed by atoms with Crippen molar-refractivity contribution in [2.45, 2.75) is 11.8 Å². The molecule has 0 fully saturated rings. The molecule has 0 bridgehead atoms. The fourth-order valence-corrected chi connectivity index (χ4v) is 1.95. The summed E-state index contributed by atoms with van der Waals surface area (Å²) >= 11 is 0. The molecule has 0 aliphatic carbocycles. The largest absolute Gasteiger partial charge is 0.442 e. The number of halogens is 3. The molecule has 2 nitrogen and oxygen atoms in total. The zero-order valence-electron chi connectivity index (χ0n) is 8.57. The number of hydrogen-bond donors (Lipinski definition) is 0. The molecule has 1 heterocycles. The van der Waals surface area contributed by atoms with Crippen LogP contribution < -0.4 is 0 Å². The SMILES string of the molecule is FC(F)(F)C1(c2cccc3ccccc23)N=N1. The predicted molar refractivity (Wildman–Crippen MR) is 56.5 cm³/mol. The molecule has 2 aromatic carbocycles. The van der Waals surface area contributed by atoms with Crippen LogP contribution in [-0.2, 0) is 5.66 Å². The summed E-state index contributed by atoms with van der Waals surface area (Å²) in [6.45, 7) is 0. The van der Waals surface area contributed by atoms with E-state index in [0.717, 1.165) is 5.39 Å². The van der Waals surface area contributed by atoms with Gasteiger partial charge in [-0.25, -0.2) is 0 Å². The van der Waals surface area contributed by atoms with Gasteiger partial charge in [-0.1, -0.05) is 42.5 Å². The third kappa shape index (κ3) is 1.35. The second kappa shape index (κ2) is 3.06. The first-order chi connectivity index (χ1) is 8.05. The number of hydrogen-bond acceptors (Lipinski definition) is 2. The van der Waals surface area contributed by atoms with Crippen molar-refractivity contribution in [3.63, 3.8) is 0 Å². The molecule has 2 aromatic rings. The van der Waals surface area contributed by atoms with Crippen molar-refractivity contribution in [1.29, 1.82) is 0 Å². The van der Waals surface area contributed by atoms with E-state index < -0.39 is 11.8 Å². The lowest BCUT2D eigenvalue weighted by atomic mass is 9.96. The van der Waals surface area contributed by atoms with Gasteiger partial charge in [0, 0.05) is 5.56 Å². The summed E-state index contributed by atoms with van der Waals surface area (Å²) in [6.07, 6.45) is -4.48. The fraction of sp³-hybridized carbons (Fsp3) is 0.167. The van der Waals surface area contributed by atoms with Crippen LogP contribution in [0.2, 0.25) is 0 Å². The highest BCUT2D eigenvalue weighted by Gasteiger charge is 2.65. The van der Waals surface area contributed by atoms with Crippen molar-refractivity contribution in [2.24, 2.45) is 10.2 Å². The van der Waals surface area contributed by atoms with E-state index in [1.807, 2.05) is 0 Å². The molecule has 0 saturated heterocycles. The number of benzene rings is 2. The molecule has 0 atom stereocenters. The lowest BCUT2D eigenvalue weighted by Gasteiger charge is -2.16. The smallest absolute Gasteiger partial charge is 0.166 e. The molecule has 0 aromatic heterocycles. The number of fused-ring (bicyclic) bond motifs is 1. The lowest BCUT2D eigenvalue weighted by molar-refractivity contribution is -0.165. The van der Waals surface area contributed by atoms with Crippen LogP contribution in [0, 0.1) is 0 Å². The van der Waals surface area contributed by atoms with E-state index in [-0.39, 0.29) is 5.56 Å². The topological polar surface area (TPSA) is 24.7 Å². The number of rotatable bonds is 1. The number of alkyl halides is 3. The van der Waals surface area contributed by atoms with E-state index in [1.54, 1.807) is 36.4 Å². The maximum Gasteiger partial charge on any atom is 0.442 e. The van der Waals surface area contributed by atoms with Gasteiger partial charge in [-0.3, -0.25) is 0 Å². The summed E-state index contributed by atoms with van der Waals surface area (Å²) in [5, 5.41) is 7.75. The monoisotopic (exact) mass is 236 g/mol. The first kappa shape index (κ1) is 10.3. The van der Waals surface area contributed by atoms with Gasteiger partial charge >= 0.3 is 11.8 Å². The predicted octanol–water partition coefficient (Wildman–Crippen LogP) is 4.02. The fourth-order valence-electron chi connectivity index (χ4n) is 1.95. The molecular weight excluding hydrogens is 229 g/mol. The maximum absolute atomic E-state index is 12.9. The standard InChI is InChI=1S/C12H7F3N2/c13-12(14,15)11(16-17-11)10-7-3-5-8-4-1-2-6-9(8)10/h1-7H. The van der Waals surface area contributed by atoms with Gasteiger partial charge in [-0.05, 0) is 10.8 Å². The van der Waals surface area contributed by atoms with Crippen molar-refractivity contribution in [3.8, 4) is 0 Å². The molecule has 0 amide bonds. The van der Waals surface area contributed by atoms with Crippen molar-refractivity contribution >= 4 is 10.8 Å². The minimum atomic E-state index is -4.48. The normalized spacial score (nSPS) is 17.4. The average molecular weight is 236 g/mol. The summed E-state index contributed by atoms with van der Waals surface area (Å²) < 4.78 is 38.8. The van der Waals surface area contributed by atoms with E-state index in [2.05, 4.69) is 10.2 Å². The van der Waals surface area contributed by atoms with Crippen LogP contribution in [0.15, 0.2) is 52.7 Å². The van der Waals surface area contributed by atoms with E-state index in [1.165, 1.54) is 6.07 Å². The Labute approximate surface area is 94.8 Å². The Morgan fingerprint density at radius 3 is 2.18 bits per heavy atom. The minimum Gasteiger partial charge on any atom is -0.166 e. The molecule has 0 spiro atoms. The zero-order valence-corrected chi connectivity index (χ0v) is 8.57. The number of nitrogens with zero attached hydrogens (tertiary/aromatic N) is 2. The Balaban J connectivity index is 2.26. The van der Waals surface area contributed by atoms with Crippen molar-refractivity contribution < 1.29 is 13.2 Å². The van der Waals surface area contributed by atoms with Crippen LogP contribution >= 0.6 is 0 Å². The molecule has 1 aliphatic rings. The molecular formula is C12H7F3N2. The van der Waals surface area contributed by atoms with Crippen molar-refractivity contribution in [2.75, 3.05) is 0 Å². The van der Waals surface area contributed by atoms with Gasteiger partial charge < -0.3 is 0 Å². The quantitative estimate of drug-likeness (QED) is 0.714. The van der Waals surface area contributed by atoms with Gasteiger partial charge in [-0.15, -0.1) is 10.2 Å². The van der Waals surface area contributed by atoms with Crippen LogP contribution in [-0.4, -0.2) is 6.18 Å². The van der Waals surface area contributed by atoms with Crippen LogP contribution in [0.1, 0.15) is 5.56 Å². The van der Waals surface area contributed by atoms with Crippen LogP contribution in [0.5, 0.6) is 0 Å². The third-order valence-corrected chi connectivity index (χ3v) is 2.86. The molecule has 0 unspecified atom stereocenters. The van der Waals surface area contributed by atoms with Crippen LogP contribution in [0.3, 0.4) is 0 Å². The summed E-state index contributed by atoms with van der Waals surface area (Å²) in [5.74, 6) is 0.